The summed E-state index contributed by atoms with van der Waals surface area (Å²) in [6.45, 7) is 1.19. The molecule has 1 unspecified atom stereocenters. The van der Waals surface area contributed by atoms with Gasteiger partial charge in [-0.15, -0.1) is 11.3 Å². The van der Waals surface area contributed by atoms with Crippen molar-refractivity contribution < 1.29 is 5.11 Å². The molecule has 3 rings (SSSR count). The van der Waals surface area contributed by atoms with Gasteiger partial charge in [-0.3, -0.25) is 0 Å². The molecule has 5 heteroatoms. The number of aromatic nitrogens is 2. The van der Waals surface area contributed by atoms with Gasteiger partial charge in [0, 0.05) is 6.54 Å². The van der Waals surface area contributed by atoms with Crippen molar-refractivity contribution in [1.82, 2.24) is 9.97 Å². The lowest BCUT2D eigenvalue weighted by molar-refractivity contribution is 0.266. The number of hydrogen-bond donors (Lipinski definition) is 1. The first-order valence-corrected chi connectivity index (χ1v) is 6.34. The number of thiophene rings is 1. The quantitative estimate of drug-likeness (QED) is 0.860. The average molecular weight is 235 g/mol. The highest BCUT2D eigenvalue weighted by atomic mass is 32.1. The van der Waals surface area contributed by atoms with E-state index in [1.165, 1.54) is 0 Å². The molecular formula is C11H13N3OS. The third-order valence-corrected chi connectivity index (χ3v) is 3.98. The summed E-state index contributed by atoms with van der Waals surface area (Å²) in [6, 6.07) is 2.23. The number of anilines is 1. The third kappa shape index (κ3) is 1.47. The van der Waals surface area contributed by atoms with Gasteiger partial charge in [0.2, 0.25) is 0 Å². The predicted molar refractivity (Wildman–Crippen MR) is 64.9 cm³/mol. The van der Waals surface area contributed by atoms with Gasteiger partial charge in [-0.25, -0.2) is 9.97 Å². The van der Waals surface area contributed by atoms with Crippen molar-refractivity contribution in [2.24, 2.45) is 0 Å². The molecular weight excluding hydrogens is 222 g/mol. The first kappa shape index (κ1) is 9.99. The van der Waals surface area contributed by atoms with Gasteiger partial charge < -0.3 is 10.0 Å². The highest BCUT2D eigenvalue weighted by Gasteiger charge is 2.26. The summed E-state index contributed by atoms with van der Waals surface area (Å²) in [5, 5.41) is 11.4. The van der Waals surface area contributed by atoms with E-state index in [1.807, 2.05) is 11.4 Å². The van der Waals surface area contributed by atoms with E-state index in [9.17, 15) is 5.11 Å². The molecule has 0 aliphatic carbocycles. The number of hydrogen-bond acceptors (Lipinski definition) is 5. The molecule has 84 valence electrons. The number of fused-ring (bicyclic) bond motifs is 1. The van der Waals surface area contributed by atoms with Gasteiger partial charge in [-0.05, 0) is 24.3 Å². The Balaban J connectivity index is 2.07. The SMILES string of the molecule is OCC1CCCN1c1ncnc2ccsc12. The Morgan fingerprint density at radius 3 is 3.31 bits per heavy atom. The number of aliphatic hydroxyl groups is 1. The average Bonchev–Trinajstić information content (AvgIpc) is 2.96. The van der Waals surface area contributed by atoms with Crippen LogP contribution in [-0.2, 0) is 0 Å². The Morgan fingerprint density at radius 2 is 2.44 bits per heavy atom. The molecule has 3 heterocycles. The Kier molecular flexibility index (Phi) is 2.49. The highest BCUT2D eigenvalue weighted by molar-refractivity contribution is 7.17. The summed E-state index contributed by atoms with van der Waals surface area (Å²) < 4.78 is 1.13. The van der Waals surface area contributed by atoms with Crippen LogP contribution in [0.2, 0.25) is 0 Å². The second-order valence-corrected chi connectivity index (χ2v) is 4.92. The second kappa shape index (κ2) is 3.99. The van der Waals surface area contributed by atoms with Gasteiger partial charge in [-0.2, -0.15) is 0 Å². The molecule has 1 fully saturated rings. The molecule has 0 spiro atoms. The van der Waals surface area contributed by atoms with Crippen LogP contribution < -0.4 is 4.90 Å². The smallest absolute Gasteiger partial charge is 0.150 e. The third-order valence-electron chi connectivity index (χ3n) is 3.08. The summed E-state index contributed by atoms with van der Waals surface area (Å²) in [5.74, 6) is 0.983. The predicted octanol–water partition coefficient (Wildman–Crippen LogP) is 1.65. The van der Waals surface area contributed by atoms with Crippen molar-refractivity contribution >= 4 is 27.4 Å². The maximum atomic E-state index is 9.34. The van der Waals surface area contributed by atoms with E-state index in [1.54, 1.807) is 17.7 Å². The summed E-state index contributed by atoms with van der Waals surface area (Å²) in [5.41, 5.74) is 0.999. The molecule has 4 nitrogen and oxygen atoms in total. The zero-order chi connectivity index (χ0) is 11.0. The maximum Gasteiger partial charge on any atom is 0.150 e. The molecule has 0 bridgehead atoms. The minimum atomic E-state index is 0.205. The molecule has 0 saturated carbocycles. The van der Waals surface area contributed by atoms with Crippen molar-refractivity contribution in [2.45, 2.75) is 18.9 Å². The highest BCUT2D eigenvalue weighted by Crippen LogP contribution is 2.32. The van der Waals surface area contributed by atoms with Crippen LogP contribution in [0.5, 0.6) is 0 Å². The molecule has 16 heavy (non-hydrogen) atoms. The number of nitrogens with zero attached hydrogens (tertiary/aromatic N) is 3. The van der Waals surface area contributed by atoms with Crippen LogP contribution in [0.1, 0.15) is 12.8 Å². The monoisotopic (exact) mass is 235 g/mol. The van der Waals surface area contributed by atoms with E-state index in [2.05, 4.69) is 14.9 Å². The lowest BCUT2D eigenvalue weighted by Gasteiger charge is -2.24. The van der Waals surface area contributed by atoms with E-state index in [0.29, 0.717) is 0 Å². The largest absolute Gasteiger partial charge is 0.394 e. The van der Waals surface area contributed by atoms with Crippen LogP contribution in [0.25, 0.3) is 10.2 Å². The molecule has 1 aliphatic rings. The van der Waals surface area contributed by atoms with Crippen LogP contribution >= 0.6 is 11.3 Å². The Hall–Kier alpha value is -1.20. The van der Waals surface area contributed by atoms with Crippen LogP contribution in [0.15, 0.2) is 17.8 Å². The van der Waals surface area contributed by atoms with Crippen molar-refractivity contribution in [1.29, 1.82) is 0 Å². The number of aliphatic hydroxyl groups excluding tert-OH is 1. The van der Waals surface area contributed by atoms with Crippen molar-refractivity contribution in [3.05, 3.63) is 17.8 Å². The number of rotatable bonds is 2. The van der Waals surface area contributed by atoms with Gasteiger partial charge >= 0.3 is 0 Å². The molecule has 1 aliphatic heterocycles. The van der Waals surface area contributed by atoms with E-state index in [4.69, 9.17) is 0 Å². The van der Waals surface area contributed by atoms with Gasteiger partial charge in [0.1, 0.15) is 12.1 Å². The van der Waals surface area contributed by atoms with E-state index < -0.39 is 0 Å². The minimum Gasteiger partial charge on any atom is -0.394 e. The van der Waals surface area contributed by atoms with Gasteiger partial charge in [-0.1, -0.05) is 0 Å². The lowest BCUT2D eigenvalue weighted by Crippen LogP contribution is -2.32. The molecule has 2 aromatic heterocycles. The summed E-state index contributed by atoms with van der Waals surface area (Å²) >= 11 is 1.67. The van der Waals surface area contributed by atoms with E-state index in [0.717, 1.165) is 35.4 Å². The zero-order valence-corrected chi connectivity index (χ0v) is 9.65. The normalized spacial score (nSPS) is 20.8. The summed E-state index contributed by atoms with van der Waals surface area (Å²) in [4.78, 5) is 10.8. The molecule has 1 N–H and O–H groups in total. The maximum absolute atomic E-state index is 9.34. The van der Waals surface area contributed by atoms with Gasteiger partial charge in [0.25, 0.3) is 0 Å². The van der Waals surface area contributed by atoms with Crippen LogP contribution in [-0.4, -0.2) is 34.3 Å². The van der Waals surface area contributed by atoms with Crippen molar-refractivity contribution in [3.63, 3.8) is 0 Å². The Bertz CT molecular complexity index is 499. The van der Waals surface area contributed by atoms with E-state index >= 15 is 0 Å². The van der Waals surface area contributed by atoms with Crippen molar-refractivity contribution in [2.75, 3.05) is 18.1 Å². The fourth-order valence-corrected chi connectivity index (χ4v) is 3.13. The first-order valence-electron chi connectivity index (χ1n) is 5.46. The van der Waals surface area contributed by atoms with Crippen LogP contribution in [0.4, 0.5) is 5.82 Å². The van der Waals surface area contributed by atoms with Gasteiger partial charge in [0.05, 0.1) is 22.9 Å². The molecule has 1 atom stereocenters. The molecule has 0 aromatic carbocycles. The topological polar surface area (TPSA) is 49.2 Å². The first-order chi connectivity index (χ1) is 7.90. The zero-order valence-electron chi connectivity index (χ0n) is 8.83. The molecule has 1 saturated heterocycles. The van der Waals surface area contributed by atoms with Crippen LogP contribution in [0, 0.1) is 0 Å². The van der Waals surface area contributed by atoms with Crippen molar-refractivity contribution in [3.8, 4) is 0 Å². The second-order valence-electron chi connectivity index (χ2n) is 4.00. The molecule has 0 radical (unpaired) electrons. The minimum absolute atomic E-state index is 0.205. The molecule has 2 aromatic rings. The Labute approximate surface area is 97.6 Å². The van der Waals surface area contributed by atoms with Gasteiger partial charge in [0.15, 0.2) is 0 Å². The fourth-order valence-electron chi connectivity index (χ4n) is 2.28. The van der Waals surface area contributed by atoms with E-state index in [-0.39, 0.29) is 12.6 Å². The summed E-state index contributed by atoms with van der Waals surface area (Å²) in [6.07, 6.45) is 3.78. The molecule has 0 amide bonds. The summed E-state index contributed by atoms with van der Waals surface area (Å²) in [7, 11) is 0. The standard InChI is InChI=1S/C11H13N3OS/c15-6-8-2-1-4-14(8)11-10-9(3-5-16-10)12-7-13-11/h3,5,7-8,15H,1-2,4,6H2. The van der Waals surface area contributed by atoms with Crippen LogP contribution in [0.3, 0.4) is 0 Å². The Morgan fingerprint density at radius 1 is 1.50 bits per heavy atom. The lowest BCUT2D eigenvalue weighted by atomic mass is 10.2. The fraction of sp³-hybridized carbons (Fsp3) is 0.455.